The van der Waals surface area contributed by atoms with Crippen molar-refractivity contribution in [1.29, 1.82) is 0 Å². The van der Waals surface area contributed by atoms with E-state index in [0.29, 0.717) is 12.8 Å². The summed E-state index contributed by atoms with van der Waals surface area (Å²) in [5.41, 5.74) is 0. The monoisotopic (exact) mass is 1050 g/mol. The van der Waals surface area contributed by atoms with E-state index in [-0.39, 0.29) is 19.4 Å². The number of esters is 1. The molecule has 0 radical (unpaired) electrons. The second-order valence-corrected chi connectivity index (χ2v) is 20.7. The van der Waals surface area contributed by atoms with Crippen LogP contribution in [0.4, 0.5) is 0 Å². The Hall–Kier alpha value is -3.16. The molecule has 0 aliphatic carbocycles. The molecule has 0 aromatic carbocycles. The average molecular weight is 1050 g/mol. The van der Waals surface area contributed by atoms with Gasteiger partial charge in [0, 0.05) is 6.42 Å². The van der Waals surface area contributed by atoms with Crippen LogP contribution in [-0.2, 0) is 23.8 Å². The molecule has 0 bridgehead atoms. The normalized spacial score (nSPS) is 19.8. The fourth-order valence-electron chi connectivity index (χ4n) is 9.01. The van der Waals surface area contributed by atoms with Crippen LogP contribution in [0.15, 0.2) is 85.1 Å². The summed E-state index contributed by atoms with van der Waals surface area (Å²) in [5.74, 6) is -1.22. The molecule has 1 heterocycles. The van der Waals surface area contributed by atoms with Gasteiger partial charge in [0.05, 0.1) is 25.4 Å². The van der Waals surface area contributed by atoms with Crippen LogP contribution in [0.1, 0.15) is 245 Å². The molecule has 0 spiro atoms. The average Bonchev–Trinajstić information content (AvgIpc) is 3.41. The summed E-state index contributed by atoms with van der Waals surface area (Å²) >= 11 is 0. The lowest BCUT2D eigenvalue weighted by Crippen LogP contribution is -2.61. The van der Waals surface area contributed by atoms with Crippen molar-refractivity contribution in [3.8, 4) is 0 Å². The van der Waals surface area contributed by atoms with Crippen molar-refractivity contribution in [3.05, 3.63) is 85.1 Å². The van der Waals surface area contributed by atoms with Gasteiger partial charge in [-0.1, -0.05) is 247 Å². The lowest BCUT2D eigenvalue weighted by Gasteiger charge is -2.41. The second kappa shape index (κ2) is 51.6. The first-order chi connectivity index (χ1) is 36.7. The van der Waals surface area contributed by atoms with Crippen LogP contribution < -0.4 is 5.32 Å². The van der Waals surface area contributed by atoms with Gasteiger partial charge in [-0.2, -0.15) is 0 Å². The zero-order chi connectivity index (χ0) is 54.7. The molecule has 1 amide bonds. The third kappa shape index (κ3) is 39.8. The number of aliphatic hydroxyl groups excluding tert-OH is 5. The summed E-state index contributed by atoms with van der Waals surface area (Å²) in [6.45, 7) is 5.64. The molecule has 11 heteroatoms. The lowest BCUT2D eigenvalue weighted by atomic mass is 9.99. The Bertz CT molecular complexity index is 1540. The number of amides is 1. The fourth-order valence-corrected chi connectivity index (χ4v) is 9.01. The van der Waals surface area contributed by atoms with E-state index in [1.165, 1.54) is 96.3 Å². The third-order valence-corrected chi connectivity index (χ3v) is 13.8. The highest BCUT2D eigenvalue weighted by molar-refractivity contribution is 5.80. The Balaban J connectivity index is 2.67. The van der Waals surface area contributed by atoms with E-state index in [2.05, 4.69) is 99.0 Å². The highest BCUT2D eigenvalue weighted by atomic mass is 16.7. The number of carbonyl (C=O) groups is 2. The van der Waals surface area contributed by atoms with Crippen LogP contribution in [0.3, 0.4) is 0 Å². The SMILES string of the molecule is CC/C=C\C/C=C\C/C=C\C/C=C\C/C=C\C/C=C\CCCCCCC(=O)OC1C(OCC(NC(=O)C(O)CCCCCCCCCCCCCC)C(O)/C=C/CCCCCCCCCCC)OC(CO)C(O)C1O. The van der Waals surface area contributed by atoms with Crippen molar-refractivity contribution >= 4 is 11.9 Å². The van der Waals surface area contributed by atoms with E-state index in [4.69, 9.17) is 14.2 Å². The van der Waals surface area contributed by atoms with Crippen LogP contribution >= 0.6 is 0 Å². The number of carbonyl (C=O) groups excluding carboxylic acids is 2. The molecule has 0 saturated carbocycles. The van der Waals surface area contributed by atoms with E-state index < -0.39 is 67.4 Å². The first-order valence-electron chi connectivity index (χ1n) is 30.4. The molecule has 8 atom stereocenters. The number of unbranched alkanes of at least 4 members (excludes halogenated alkanes) is 24. The Morgan fingerprint density at radius 3 is 1.44 bits per heavy atom. The maximum atomic E-state index is 13.4. The van der Waals surface area contributed by atoms with Gasteiger partial charge in [-0.25, -0.2) is 0 Å². The molecule has 11 nitrogen and oxygen atoms in total. The number of nitrogens with one attached hydrogen (secondary N) is 1. The maximum absolute atomic E-state index is 13.4. The van der Waals surface area contributed by atoms with Gasteiger partial charge in [-0.3, -0.25) is 9.59 Å². The molecule has 8 unspecified atom stereocenters. The summed E-state index contributed by atoms with van der Waals surface area (Å²) < 4.78 is 17.6. The summed E-state index contributed by atoms with van der Waals surface area (Å²) in [4.78, 5) is 26.5. The Morgan fingerprint density at radius 1 is 0.533 bits per heavy atom. The number of hydrogen-bond acceptors (Lipinski definition) is 10. The van der Waals surface area contributed by atoms with Gasteiger partial charge in [0.1, 0.15) is 24.4 Å². The van der Waals surface area contributed by atoms with E-state index in [9.17, 15) is 35.1 Å². The highest BCUT2D eigenvalue weighted by Gasteiger charge is 2.47. The number of ether oxygens (including phenoxy) is 3. The Morgan fingerprint density at radius 2 is 0.960 bits per heavy atom. The summed E-state index contributed by atoms with van der Waals surface area (Å²) in [5, 5.41) is 56.8. The zero-order valence-electron chi connectivity index (χ0n) is 47.6. The highest BCUT2D eigenvalue weighted by Crippen LogP contribution is 2.26. The first kappa shape index (κ1) is 69.9. The van der Waals surface area contributed by atoms with E-state index in [0.717, 1.165) is 103 Å². The Labute approximate surface area is 457 Å². The van der Waals surface area contributed by atoms with Crippen molar-refractivity contribution < 1.29 is 49.3 Å². The third-order valence-electron chi connectivity index (χ3n) is 13.8. The molecule has 0 aromatic rings. The standard InChI is InChI=1S/C64H111NO10/c1-4-7-10-13-16-19-22-24-25-26-27-28-29-30-31-32-33-34-37-40-43-46-49-52-59(69)75-62-61(71)60(70)58(53-66)74-64(62)73-54-55(56(67)50-47-44-41-38-35-21-18-15-12-9-6-3)65-63(72)57(68)51-48-45-42-39-36-23-20-17-14-11-8-5-2/h7,10,16,19,24-25,27-28,30-31,33-34,47,50,55-58,60-62,64,66-68,70-71H,4-6,8-9,11-15,17-18,20-23,26,29,32,35-46,48-49,51-54H2,1-3H3,(H,65,72)/b10-7-,19-16-,25-24-,28-27-,31-30-,34-33-,50-47+. The fraction of sp³-hybridized carbons (Fsp3) is 0.750. The van der Waals surface area contributed by atoms with Crippen molar-refractivity contribution in [2.45, 2.75) is 294 Å². The van der Waals surface area contributed by atoms with Gasteiger partial charge in [-0.15, -0.1) is 0 Å². The van der Waals surface area contributed by atoms with Gasteiger partial charge in [0.15, 0.2) is 12.4 Å². The lowest BCUT2D eigenvalue weighted by molar-refractivity contribution is -0.305. The van der Waals surface area contributed by atoms with Crippen molar-refractivity contribution in [1.82, 2.24) is 5.32 Å². The minimum absolute atomic E-state index is 0.0909. The molecule has 432 valence electrons. The van der Waals surface area contributed by atoms with Crippen molar-refractivity contribution in [2.75, 3.05) is 13.2 Å². The minimum atomic E-state index is -1.63. The predicted molar refractivity (Wildman–Crippen MR) is 310 cm³/mol. The predicted octanol–water partition coefficient (Wildman–Crippen LogP) is 14.2. The van der Waals surface area contributed by atoms with Crippen LogP contribution in [0.25, 0.3) is 0 Å². The number of aliphatic hydroxyl groups is 5. The maximum Gasteiger partial charge on any atom is 0.306 e. The molecule has 1 aliphatic heterocycles. The molecular formula is C64H111NO10. The molecule has 0 aromatic heterocycles. The smallest absolute Gasteiger partial charge is 0.306 e. The van der Waals surface area contributed by atoms with Crippen LogP contribution in [0.2, 0.25) is 0 Å². The second-order valence-electron chi connectivity index (χ2n) is 20.7. The van der Waals surface area contributed by atoms with E-state index in [1.807, 2.05) is 6.08 Å². The van der Waals surface area contributed by atoms with Gasteiger partial charge < -0.3 is 45.1 Å². The molecule has 6 N–H and O–H groups in total. The molecule has 75 heavy (non-hydrogen) atoms. The minimum Gasteiger partial charge on any atom is -0.454 e. The molecular weight excluding hydrogens is 943 g/mol. The first-order valence-corrected chi connectivity index (χ1v) is 30.4. The molecule has 1 saturated heterocycles. The van der Waals surface area contributed by atoms with Gasteiger partial charge >= 0.3 is 5.97 Å². The molecule has 1 fully saturated rings. The zero-order valence-corrected chi connectivity index (χ0v) is 47.6. The van der Waals surface area contributed by atoms with E-state index >= 15 is 0 Å². The van der Waals surface area contributed by atoms with Crippen molar-refractivity contribution in [3.63, 3.8) is 0 Å². The van der Waals surface area contributed by atoms with Crippen molar-refractivity contribution in [2.24, 2.45) is 0 Å². The number of hydrogen-bond donors (Lipinski definition) is 6. The summed E-state index contributed by atoms with van der Waals surface area (Å²) in [6, 6.07) is -1.03. The molecule has 1 aliphatic rings. The van der Waals surface area contributed by atoms with E-state index in [1.54, 1.807) is 6.08 Å². The van der Waals surface area contributed by atoms with Gasteiger partial charge in [-0.05, 0) is 77.0 Å². The quantitative estimate of drug-likeness (QED) is 0.0195. The largest absolute Gasteiger partial charge is 0.454 e. The number of allylic oxidation sites excluding steroid dienone is 13. The number of rotatable bonds is 50. The van der Waals surface area contributed by atoms with Crippen LogP contribution in [0.5, 0.6) is 0 Å². The summed E-state index contributed by atoms with van der Waals surface area (Å²) in [7, 11) is 0. The van der Waals surface area contributed by atoms with Crippen LogP contribution in [-0.4, -0.2) is 99.6 Å². The van der Waals surface area contributed by atoms with Gasteiger partial charge in [0.25, 0.3) is 0 Å². The summed E-state index contributed by atoms with van der Waals surface area (Å²) in [6.07, 6.45) is 56.2. The Kier molecular flexibility index (Phi) is 48.0. The molecule has 1 rings (SSSR count). The topological polar surface area (TPSA) is 175 Å². The van der Waals surface area contributed by atoms with Crippen LogP contribution in [0, 0.1) is 0 Å². The van der Waals surface area contributed by atoms with Gasteiger partial charge in [0.2, 0.25) is 5.91 Å².